The summed E-state index contributed by atoms with van der Waals surface area (Å²) in [4.78, 5) is 4.70. The molecule has 0 atom stereocenters. The van der Waals surface area contributed by atoms with Gasteiger partial charge in [-0.05, 0) is 44.2 Å². The second kappa shape index (κ2) is 10.9. The zero-order valence-corrected chi connectivity index (χ0v) is 22.4. The Labute approximate surface area is 228 Å². The zero-order chi connectivity index (χ0) is 27.4. The Morgan fingerprint density at radius 2 is 1.54 bits per heavy atom. The number of benzene rings is 3. The highest BCUT2D eigenvalue weighted by Crippen LogP contribution is 2.29. The molecule has 1 heterocycles. The molecule has 4 aromatic carbocycles. The number of rotatable bonds is 8. The van der Waals surface area contributed by atoms with Gasteiger partial charge in [0, 0.05) is 29.5 Å². The molecule has 0 spiro atoms. The monoisotopic (exact) mass is 535 g/mol. The van der Waals surface area contributed by atoms with E-state index in [1.807, 2.05) is 74.5 Å². The van der Waals surface area contributed by atoms with Crippen LogP contribution in [0.25, 0.3) is 16.9 Å². The van der Waals surface area contributed by atoms with Gasteiger partial charge in [-0.3, -0.25) is 0 Å². The van der Waals surface area contributed by atoms with Crippen LogP contribution in [-0.4, -0.2) is 31.5 Å². The molecule has 0 saturated carbocycles. The van der Waals surface area contributed by atoms with Crippen LogP contribution in [0.5, 0.6) is 11.5 Å². The SMILES string of the molecule is COc1cc(C=Nc2cc(-c3ccc(C)cc3)nn2-c2ccccc2)c#cc1OS(=O)(=O)c1ccc(C)cc1. The van der Waals surface area contributed by atoms with E-state index >= 15 is 0 Å². The van der Waals surface area contributed by atoms with Crippen molar-refractivity contribution in [2.75, 3.05) is 7.11 Å². The first-order valence-electron chi connectivity index (χ1n) is 12.1. The van der Waals surface area contributed by atoms with E-state index in [4.69, 9.17) is 14.0 Å². The average Bonchev–Trinajstić information content (AvgIpc) is 3.37. The first kappa shape index (κ1) is 25.8. The predicted octanol–water partition coefficient (Wildman–Crippen LogP) is 6.28. The number of aromatic nitrogens is 2. The fourth-order valence-corrected chi connectivity index (χ4v) is 4.71. The van der Waals surface area contributed by atoms with Gasteiger partial charge in [-0.15, -0.1) is 0 Å². The maximum atomic E-state index is 12.7. The molecule has 0 bridgehead atoms. The van der Waals surface area contributed by atoms with Crippen LogP contribution in [0.2, 0.25) is 0 Å². The predicted molar refractivity (Wildman–Crippen MR) is 151 cm³/mol. The summed E-state index contributed by atoms with van der Waals surface area (Å²) in [7, 11) is -2.65. The zero-order valence-electron chi connectivity index (χ0n) is 21.6. The standard InChI is InChI=1S/C31H25N3O4S/c1-22-9-14-25(15-10-22)28-20-31(34(33-28)26-7-5-4-6-8-26)32-21-24-13-18-29(30(19-24)37-3)38-39(35,36)27-16-11-23(2)12-17-27/h4-12,14-17,19-21H,1-3H3. The lowest BCUT2D eigenvalue weighted by Crippen LogP contribution is -2.10. The third-order valence-electron chi connectivity index (χ3n) is 5.93. The summed E-state index contributed by atoms with van der Waals surface area (Å²) in [5.41, 5.74) is 5.24. The molecule has 0 radical (unpaired) electrons. The molecule has 7 nitrogen and oxygen atoms in total. The van der Waals surface area contributed by atoms with Gasteiger partial charge < -0.3 is 8.92 Å². The maximum Gasteiger partial charge on any atom is 0.339 e. The van der Waals surface area contributed by atoms with Crippen molar-refractivity contribution in [3.05, 3.63) is 120 Å². The average molecular weight is 536 g/mol. The molecule has 0 amide bonds. The topological polar surface area (TPSA) is 82.8 Å². The highest BCUT2D eigenvalue weighted by Gasteiger charge is 2.19. The van der Waals surface area contributed by atoms with E-state index < -0.39 is 10.1 Å². The van der Waals surface area contributed by atoms with Crippen molar-refractivity contribution < 1.29 is 17.3 Å². The van der Waals surface area contributed by atoms with Crippen LogP contribution >= 0.6 is 0 Å². The molecule has 1 aromatic heterocycles. The van der Waals surface area contributed by atoms with Gasteiger partial charge in [0.25, 0.3) is 0 Å². The molecule has 0 unspecified atom stereocenters. The molecule has 0 aliphatic rings. The number of ether oxygens (including phenoxy) is 1. The Hall–Kier alpha value is -4.87. The first-order valence-corrected chi connectivity index (χ1v) is 13.5. The van der Waals surface area contributed by atoms with E-state index in [0.29, 0.717) is 11.4 Å². The van der Waals surface area contributed by atoms with Crippen LogP contribution in [-0.2, 0) is 10.1 Å². The lowest BCUT2D eigenvalue weighted by molar-refractivity contribution is 0.390. The number of hydrogen-bond donors (Lipinski definition) is 0. The smallest absolute Gasteiger partial charge is 0.339 e. The second-order valence-electron chi connectivity index (χ2n) is 8.86. The summed E-state index contributed by atoms with van der Waals surface area (Å²) in [6, 6.07) is 33.4. The van der Waals surface area contributed by atoms with Crippen molar-refractivity contribution in [2.45, 2.75) is 18.7 Å². The summed E-state index contributed by atoms with van der Waals surface area (Å²) in [6.07, 6.45) is 1.59. The Bertz CT molecular complexity index is 1730. The maximum absolute atomic E-state index is 12.7. The number of aliphatic imine (C=N–C) groups is 1. The third-order valence-corrected chi connectivity index (χ3v) is 7.16. The Balaban J connectivity index is 1.45. The van der Waals surface area contributed by atoms with E-state index in [9.17, 15) is 8.42 Å². The minimum Gasteiger partial charge on any atom is -0.492 e. The molecule has 194 valence electrons. The molecular weight excluding hydrogens is 510 g/mol. The molecule has 8 heteroatoms. The van der Waals surface area contributed by atoms with Crippen molar-refractivity contribution >= 4 is 22.2 Å². The highest BCUT2D eigenvalue weighted by atomic mass is 32.2. The Morgan fingerprint density at radius 3 is 2.21 bits per heavy atom. The van der Waals surface area contributed by atoms with Crippen LogP contribution < -0.4 is 8.92 Å². The quantitative estimate of drug-likeness (QED) is 0.172. The van der Waals surface area contributed by atoms with Gasteiger partial charge in [-0.25, -0.2) is 9.67 Å². The fraction of sp³-hybridized carbons (Fsp3) is 0.0968. The van der Waals surface area contributed by atoms with Crippen molar-refractivity contribution in [3.8, 4) is 28.4 Å². The molecule has 0 aliphatic heterocycles. The second-order valence-corrected chi connectivity index (χ2v) is 10.4. The van der Waals surface area contributed by atoms with Gasteiger partial charge >= 0.3 is 10.1 Å². The Kier molecular flexibility index (Phi) is 7.17. The van der Waals surface area contributed by atoms with E-state index in [1.54, 1.807) is 29.1 Å². The Morgan fingerprint density at radius 1 is 0.872 bits per heavy atom. The molecule has 5 aromatic rings. The number of para-hydroxylation sites is 1. The van der Waals surface area contributed by atoms with Crippen LogP contribution in [0.1, 0.15) is 16.7 Å². The fourth-order valence-electron chi connectivity index (χ4n) is 3.80. The van der Waals surface area contributed by atoms with Gasteiger partial charge in [-0.1, -0.05) is 71.8 Å². The summed E-state index contributed by atoms with van der Waals surface area (Å²) in [6.45, 7) is 3.91. The summed E-state index contributed by atoms with van der Waals surface area (Å²) in [5, 5.41) is 4.79. The van der Waals surface area contributed by atoms with Gasteiger partial charge in [-0.2, -0.15) is 13.5 Å². The minimum atomic E-state index is -4.07. The van der Waals surface area contributed by atoms with E-state index in [2.05, 4.69) is 17.1 Å². The first-order chi connectivity index (χ1) is 18.8. The van der Waals surface area contributed by atoms with E-state index in [-0.39, 0.29) is 16.4 Å². The number of hydrogen-bond acceptors (Lipinski definition) is 6. The van der Waals surface area contributed by atoms with Crippen LogP contribution in [0.3, 0.4) is 0 Å². The highest BCUT2D eigenvalue weighted by molar-refractivity contribution is 7.87. The summed E-state index contributed by atoms with van der Waals surface area (Å²) in [5.74, 6) is 0.695. The lowest BCUT2D eigenvalue weighted by Gasteiger charge is -2.09. The number of aryl methyl sites for hydroxylation is 2. The molecular formula is C31H25N3O4S. The molecule has 0 saturated heterocycles. The van der Waals surface area contributed by atoms with Gasteiger partial charge in [0.05, 0.1) is 18.5 Å². The largest absolute Gasteiger partial charge is 0.492 e. The van der Waals surface area contributed by atoms with E-state index in [0.717, 1.165) is 22.5 Å². The summed E-state index contributed by atoms with van der Waals surface area (Å²) >= 11 is 0. The molecule has 0 aliphatic carbocycles. The number of methoxy groups -OCH3 is 1. The minimum absolute atomic E-state index is 0.0350. The third kappa shape index (κ3) is 5.84. The van der Waals surface area contributed by atoms with Crippen molar-refractivity contribution in [3.63, 3.8) is 0 Å². The summed E-state index contributed by atoms with van der Waals surface area (Å²) < 4.78 is 37.9. The number of nitrogens with zero attached hydrogens (tertiary/aromatic N) is 3. The lowest BCUT2D eigenvalue weighted by atomic mass is 10.1. The van der Waals surface area contributed by atoms with E-state index in [1.165, 1.54) is 24.8 Å². The molecule has 0 N–H and O–H groups in total. The molecule has 0 fully saturated rings. The van der Waals surface area contributed by atoms with Crippen LogP contribution in [0.4, 0.5) is 5.82 Å². The molecule has 5 rings (SSSR count). The van der Waals surface area contributed by atoms with Gasteiger partial charge in [0.15, 0.2) is 11.6 Å². The van der Waals surface area contributed by atoms with Crippen molar-refractivity contribution in [1.29, 1.82) is 0 Å². The molecule has 39 heavy (non-hydrogen) atoms. The van der Waals surface area contributed by atoms with Crippen LogP contribution in [0.15, 0.2) is 101 Å². The van der Waals surface area contributed by atoms with Gasteiger partial charge in [0.2, 0.25) is 5.75 Å². The normalized spacial score (nSPS) is 11.4. The van der Waals surface area contributed by atoms with Gasteiger partial charge in [0.1, 0.15) is 4.90 Å². The van der Waals surface area contributed by atoms with Crippen LogP contribution in [0, 0.1) is 26.0 Å². The van der Waals surface area contributed by atoms with Crippen molar-refractivity contribution in [1.82, 2.24) is 9.78 Å². The van der Waals surface area contributed by atoms with Crippen molar-refractivity contribution in [2.24, 2.45) is 4.99 Å².